The number of hydrogen-bond acceptors (Lipinski definition) is 2. The fraction of sp³-hybridized carbons (Fsp3) is 0.545. The topological polar surface area (TPSA) is 38.9 Å². The zero-order valence-electron chi connectivity index (χ0n) is 8.67. The molecule has 1 heterocycles. The highest BCUT2D eigenvalue weighted by atomic mass is 14.8. The fourth-order valence-corrected chi connectivity index (χ4v) is 1.43. The van der Waals surface area contributed by atoms with Gasteiger partial charge < -0.3 is 5.73 Å². The third-order valence-corrected chi connectivity index (χ3v) is 2.27. The van der Waals surface area contributed by atoms with E-state index < -0.39 is 0 Å². The highest BCUT2D eigenvalue weighted by Gasteiger charge is 2.05. The van der Waals surface area contributed by atoms with Crippen LogP contribution in [0.4, 0.5) is 0 Å². The van der Waals surface area contributed by atoms with Gasteiger partial charge in [-0.2, -0.15) is 0 Å². The van der Waals surface area contributed by atoms with Crippen LogP contribution in [-0.2, 0) is 12.8 Å². The smallest absolute Gasteiger partial charge is 0.0571 e. The van der Waals surface area contributed by atoms with Gasteiger partial charge in [0.25, 0.3) is 0 Å². The van der Waals surface area contributed by atoms with Crippen LogP contribution in [0.2, 0.25) is 0 Å². The molecule has 0 aliphatic rings. The van der Waals surface area contributed by atoms with Crippen molar-refractivity contribution in [3.63, 3.8) is 0 Å². The molecule has 0 aromatic carbocycles. The Morgan fingerprint density at radius 1 is 1.31 bits per heavy atom. The Labute approximate surface area is 80.2 Å². The molecule has 0 aliphatic carbocycles. The third-order valence-electron chi connectivity index (χ3n) is 2.27. The Hall–Kier alpha value is -0.890. The normalized spacial score (nSPS) is 12.9. The molecule has 0 aliphatic heterocycles. The Balaban J connectivity index is 3.05. The van der Waals surface area contributed by atoms with Gasteiger partial charge in [0.05, 0.1) is 5.69 Å². The molecule has 1 rings (SSSR count). The fourth-order valence-electron chi connectivity index (χ4n) is 1.43. The monoisotopic (exact) mass is 178 g/mol. The zero-order valence-corrected chi connectivity index (χ0v) is 8.67. The summed E-state index contributed by atoms with van der Waals surface area (Å²) in [4.78, 5) is 4.54. The van der Waals surface area contributed by atoms with E-state index in [2.05, 4.69) is 24.9 Å². The number of aryl methyl sites for hydroxylation is 2. The second-order valence-corrected chi connectivity index (χ2v) is 3.34. The van der Waals surface area contributed by atoms with Crippen molar-refractivity contribution >= 4 is 0 Å². The van der Waals surface area contributed by atoms with Crippen LogP contribution >= 0.6 is 0 Å². The van der Waals surface area contributed by atoms with Crippen LogP contribution in [0.25, 0.3) is 0 Å². The number of hydrogen-bond donors (Lipinski definition) is 1. The van der Waals surface area contributed by atoms with Gasteiger partial charge in [0, 0.05) is 11.7 Å². The molecule has 0 bridgehead atoms. The molecule has 13 heavy (non-hydrogen) atoms. The van der Waals surface area contributed by atoms with E-state index in [4.69, 9.17) is 5.73 Å². The summed E-state index contributed by atoms with van der Waals surface area (Å²) in [5.41, 5.74) is 9.29. The number of nitrogens with two attached hydrogens (primary N) is 1. The summed E-state index contributed by atoms with van der Waals surface area (Å²) >= 11 is 0. The summed E-state index contributed by atoms with van der Waals surface area (Å²) in [7, 11) is 0. The maximum Gasteiger partial charge on any atom is 0.0571 e. The van der Waals surface area contributed by atoms with Gasteiger partial charge in [-0.3, -0.25) is 4.98 Å². The van der Waals surface area contributed by atoms with Gasteiger partial charge in [-0.25, -0.2) is 0 Å². The van der Waals surface area contributed by atoms with Crippen LogP contribution in [0.15, 0.2) is 12.1 Å². The lowest BCUT2D eigenvalue weighted by molar-refractivity contribution is 0.764. The van der Waals surface area contributed by atoms with Crippen LogP contribution in [-0.4, -0.2) is 4.98 Å². The van der Waals surface area contributed by atoms with Gasteiger partial charge in [-0.05, 0) is 31.4 Å². The van der Waals surface area contributed by atoms with Crippen LogP contribution in [0.3, 0.4) is 0 Å². The predicted molar refractivity (Wildman–Crippen MR) is 55.6 cm³/mol. The molecule has 1 atom stereocenters. The lowest BCUT2D eigenvalue weighted by Crippen LogP contribution is -2.09. The summed E-state index contributed by atoms with van der Waals surface area (Å²) in [6.07, 6.45) is 2.04. The summed E-state index contributed by atoms with van der Waals surface area (Å²) in [6.45, 7) is 6.25. The van der Waals surface area contributed by atoms with Crippen molar-refractivity contribution in [3.8, 4) is 0 Å². The third kappa shape index (κ3) is 2.28. The van der Waals surface area contributed by atoms with E-state index in [9.17, 15) is 0 Å². The van der Waals surface area contributed by atoms with E-state index >= 15 is 0 Å². The Morgan fingerprint density at radius 3 is 2.46 bits per heavy atom. The predicted octanol–water partition coefficient (Wildman–Crippen LogP) is 2.23. The first-order valence-corrected chi connectivity index (χ1v) is 4.93. The van der Waals surface area contributed by atoms with Crippen molar-refractivity contribution in [1.29, 1.82) is 0 Å². The van der Waals surface area contributed by atoms with Crippen molar-refractivity contribution in [1.82, 2.24) is 4.98 Å². The molecule has 0 amide bonds. The van der Waals surface area contributed by atoms with Gasteiger partial charge in [-0.1, -0.05) is 19.9 Å². The molecule has 1 unspecified atom stereocenters. The van der Waals surface area contributed by atoms with Crippen LogP contribution in [0, 0.1) is 0 Å². The average molecular weight is 178 g/mol. The van der Waals surface area contributed by atoms with Gasteiger partial charge in [-0.15, -0.1) is 0 Å². The molecule has 0 saturated carbocycles. The molecule has 2 nitrogen and oxygen atoms in total. The lowest BCUT2D eigenvalue weighted by Gasteiger charge is -2.09. The van der Waals surface area contributed by atoms with E-state index in [0.29, 0.717) is 0 Å². The van der Waals surface area contributed by atoms with Crippen molar-refractivity contribution in [2.24, 2.45) is 5.73 Å². The molecular formula is C11H18N2. The van der Waals surface area contributed by atoms with E-state index in [1.807, 2.05) is 13.0 Å². The van der Waals surface area contributed by atoms with Gasteiger partial charge >= 0.3 is 0 Å². The first kappa shape index (κ1) is 10.2. The first-order valence-electron chi connectivity index (χ1n) is 4.93. The molecule has 0 fully saturated rings. The molecular weight excluding hydrogens is 160 g/mol. The highest BCUT2D eigenvalue weighted by Crippen LogP contribution is 2.13. The maximum atomic E-state index is 5.77. The van der Waals surface area contributed by atoms with Gasteiger partial charge in [0.2, 0.25) is 0 Å². The Kier molecular flexibility index (Phi) is 3.43. The summed E-state index contributed by atoms with van der Waals surface area (Å²) in [5.74, 6) is 0. The molecule has 2 heteroatoms. The first-order chi connectivity index (χ1) is 6.19. The van der Waals surface area contributed by atoms with Gasteiger partial charge in [0.15, 0.2) is 0 Å². The number of rotatable bonds is 3. The number of nitrogens with zero attached hydrogens (tertiary/aromatic N) is 1. The molecule has 72 valence electrons. The van der Waals surface area contributed by atoms with Crippen LogP contribution in [0.5, 0.6) is 0 Å². The minimum atomic E-state index is 0.0382. The SMILES string of the molecule is CCc1ccc(C(C)N)nc1CC. The molecule has 0 spiro atoms. The molecule has 1 aromatic rings. The molecule has 2 N–H and O–H groups in total. The quantitative estimate of drug-likeness (QED) is 0.770. The second-order valence-electron chi connectivity index (χ2n) is 3.34. The zero-order chi connectivity index (χ0) is 9.84. The number of pyridine rings is 1. The van der Waals surface area contributed by atoms with E-state index in [0.717, 1.165) is 18.5 Å². The number of aromatic nitrogens is 1. The van der Waals surface area contributed by atoms with E-state index in [1.165, 1.54) is 11.3 Å². The Bertz CT molecular complexity index is 279. The average Bonchev–Trinajstić information content (AvgIpc) is 2.16. The van der Waals surface area contributed by atoms with Crippen molar-refractivity contribution < 1.29 is 0 Å². The molecule has 0 radical (unpaired) electrons. The van der Waals surface area contributed by atoms with Gasteiger partial charge in [0.1, 0.15) is 0 Å². The summed E-state index contributed by atoms with van der Waals surface area (Å²) < 4.78 is 0. The molecule has 1 aromatic heterocycles. The second kappa shape index (κ2) is 4.38. The Morgan fingerprint density at radius 2 is 2.00 bits per heavy atom. The van der Waals surface area contributed by atoms with Crippen LogP contribution < -0.4 is 5.73 Å². The molecule has 0 saturated heterocycles. The maximum absolute atomic E-state index is 5.77. The minimum Gasteiger partial charge on any atom is -0.323 e. The van der Waals surface area contributed by atoms with Crippen molar-refractivity contribution in [3.05, 3.63) is 29.1 Å². The minimum absolute atomic E-state index is 0.0382. The largest absolute Gasteiger partial charge is 0.323 e. The standard InChI is InChI=1S/C11H18N2/c1-4-9-6-7-11(8(3)12)13-10(9)5-2/h6-8H,4-5,12H2,1-3H3. The summed E-state index contributed by atoms with van der Waals surface area (Å²) in [6, 6.07) is 4.21. The van der Waals surface area contributed by atoms with Crippen molar-refractivity contribution in [2.75, 3.05) is 0 Å². The highest BCUT2D eigenvalue weighted by molar-refractivity contribution is 5.24. The van der Waals surface area contributed by atoms with Crippen molar-refractivity contribution in [2.45, 2.75) is 39.7 Å². The summed E-state index contributed by atoms with van der Waals surface area (Å²) in [5, 5.41) is 0. The lowest BCUT2D eigenvalue weighted by atomic mass is 10.1. The van der Waals surface area contributed by atoms with Crippen LogP contribution in [0.1, 0.15) is 43.8 Å². The van der Waals surface area contributed by atoms with E-state index in [-0.39, 0.29) is 6.04 Å². The van der Waals surface area contributed by atoms with E-state index in [1.54, 1.807) is 0 Å².